The molecule has 1 aromatic rings. The molecule has 1 N–H and O–H groups in total. The number of rotatable bonds is 1. The summed E-state index contributed by atoms with van der Waals surface area (Å²) in [6, 6.07) is 6.96. The average molecular weight is 383 g/mol. The first-order valence-corrected chi connectivity index (χ1v) is 11.6. The summed E-state index contributed by atoms with van der Waals surface area (Å²) in [5.74, 6) is 2.85. The van der Waals surface area contributed by atoms with Crippen molar-refractivity contribution in [3.63, 3.8) is 0 Å². The van der Waals surface area contributed by atoms with E-state index in [1.54, 1.807) is 6.07 Å². The summed E-state index contributed by atoms with van der Waals surface area (Å²) in [7, 11) is 0. The lowest BCUT2D eigenvalue weighted by Gasteiger charge is -2.60. The van der Waals surface area contributed by atoms with Crippen LogP contribution in [0.3, 0.4) is 0 Å². The highest BCUT2D eigenvalue weighted by Crippen LogP contribution is 2.67. The molecule has 0 spiro atoms. The molecule has 152 valence electrons. The highest BCUT2D eigenvalue weighted by atomic mass is 19.1. The van der Waals surface area contributed by atoms with Crippen molar-refractivity contribution >= 4 is 6.08 Å². The Morgan fingerprint density at radius 2 is 1.79 bits per heavy atom. The second-order valence-corrected chi connectivity index (χ2v) is 10.8. The number of benzene rings is 1. The van der Waals surface area contributed by atoms with Crippen LogP contribution in [0.1, 0.15) is 77.2 Å². The molecule has 0 heterocycles. The Bertz CT molecular complexity index is 784. The molecule has 2 heteroatoms. The normalized spacial score (nSPS) is 46.7. The van der Waals surface area contributed by atoms with Gasteiger partial charge in [0, 0.05) is 11.0 Å². The van der Waals surface area contributed by atoms with Gasteiger partial charge in [0.2, 0.25) is 0 Å². The van der Waals surface area contributed by atoms with E-state index < -0.39 is 6.10 Å². The Morgan fingerprint density at radius 3 is 2.61 bits per heavy atom. The Kier molecular flexibility index (Phi) is 4.50. The first kappa shape index (κ1) is 18.9. The molecule has 4 aliphatic rings. The van der Waals surface area contributed by atoms with E-state index in [4.69, 9.17) is 0 Å². The SMILES string of the molecule is C[C@]12CCCC[C@@H]1CC[C@@H]1[C@@H]2CC[C@]2(C)[C@@H](O)/C(=C/c3ccccc3F)C[C@@H]12. The quantitative estimate of drug-likeness (QED) is 0.579. The Morgan fingerprint density at radius 1 is 0.964 bits per heavy atom. The van der Waals surface area contributed by atoms with Crippen LogP contribution >= 0.6 is 0 Å². The first-order chi connectivity index (χ1) is 13.4. The molecule has 4 aliphatic carbocycles. The Balaban J connectivity index is 1.47. The standard InChI is InChI=1S/C26H35FO/c1-25-13-6-5-8-19(25)10-11-20-21(25)12-14-26(2)22(20)16-18(24(26)28)15-17-7-3-4-9-23(17)27/h3-4,7,9,15,19-22,24,28H,5-6,8,10-14,16H2,1-2H3/b18-15+/t19-,20-,21+,22+,24+,25+,26+/m1/s1. The molecule has 0 saturated heterocycles. The van der Waals surface area contributed by atoms with E-state index in [0.29, 0.717) is 16.9 Å². The predicted octanol–water partition coefficient (Wildman–Crippen LogP) is 6.61. The number of hydrogen-bond donors (Lipinski definition) is 1. The van der Waals surface area contributed by atoms with Crippen molar-refractivity contribution in [3.05, 3.63) is 41.2 Å². The zero-order valence-electron chi connectivity index (χ0n) is 17.5. The van der Waals surface area contributed by atoms with Gasteiger partial charge in [0.05, 0.1) is 6.10 Å². The van der Waals surface area contributed by atoms with Crippen LogP contribution in [0.5, 0.6) is 0 Å². The topological polar surface area (TPSA) is 20.2 Å². The minimum atomic E-state index is -0.421. The van der Waals surface area contributed by atoms with Crippen molar-refractivity contribution in [3.8, 4) is 0 Å². The fourth-order valence-corrected chi connectivity index (χ4v) is 8.09. The van der Waals surface area contributed by atoms with Crippen molar-refractivity contribution in [2.45, 2.75) is 77.7 Å². The highest BCUT2D eigenvalue weighted by molar-refractivity contribution is 5.56. The second-order valence-electron chi connectivity index (χ2n) is 10.8. The molecular weight excluding hydrogens is 347 g/mol. The monoisotopic (exact) mass is 382 g/mol. The van der Waals surface area contributed by atoms with Gasteiger partial charge in [0.15, 0.2) is 0 Å². The van der Waals surface area contributed by atoms with Gasteiger partial charge in [0.25, 0.3) is 0 Å². The van der Waals surface area contributed by atoms with Gasteiger partial charge in [-0.15, -0.1) is 0 Å². The zero-order chi connectivity index (χ0) is 19.5. The van der Waals surface area contributed by atoms with Crippen LogP contribution in [0.15, 0.2) is 29.8 Å². The van der Waals surface area contributed by atoms with E-state index in [2.05, 4.69) is 13.8 Å². The lowest BCUT2D eigenvalue weighted by Crippen LogP contribution is -2.53. The molecule has 5 rings (SSSR count). The van der Waals surface area contributed by atoms with Crippen LogP contribution in [-0.2, 0) is 0 Å². The van der Waals surface area contributed by atoms with E-state index in [1.807, 2.05) is 18.2 Å². The van der Waals surface area contributed by atoms with Gasteiger partial charge < -0.3 is 5.11 Å². The molecule has 28 heavy (non-hydrogen) atoms. The maximum atomic E-state index is 14.2. The number of aliphatic hydroxyl groups is 1. The second kappa shape index (κ2) is 6.69. The Hall–Kier alpha value is -1.15. The number of fused-ring (bicyclic) bond motifs is 5. The van der Waals surface area contributed by atoms with Crippen LogP contribution in [0.2, 0.25) is 0 Å². The summed E-state index contributed by atoms with van der Waals surface area (Å²) in [5, 5.41) is 11.3. The predicted molar refractivity (Wildman–Crippen MR) is 112 cm³/mol. The molecule has 0 radical (unpaired) electrons. The van der Waals surface area contributed by atoms with Gasteiger partial charge in [-0.25, -0.2) is 4.39 Å². The van der Waals surface area contributed by atoms with E-state index in [9.17, 15) is 9.50 Å². The molecule has 0 aliphatic heterocycles. The summed E-state index contributed by atoms with van der Waals surface area (Å²) in [6.45, 7) is 4.91. The van der Waals surface area contributed by atoms with Crippen LogP contribution in [0, 0.1) is 40.3 Å². The molecule has 7 atom stereocenters. The molecule has 0 aromatic heterocycles. The third kappa shape index (κ3) is 2.66. The number of aliphatic hydroxyl groups excluding tert-OH is 1. The molecule has 4 fully saturated rings. The van der Waals surface area contributed by atoms with Gasteiger partial charge in [-0.3, -0.25) is 0 Å². The smallest absolute Gasteiger partial charge is 0.130 e. The fraction of sp³-hybridized carbons (Fsp3) is 0.692. The van der Waals surface area contributed by atoms with E-state index in [-0.39, 0.29) is 11.2 Å². The summed E-state index contributed by atoms with van der Waals surface area (Å²) in [6.07, 6.45) is 13.3. The summed E-state index contributed by atoms with van der Waals surface area (Å²) in [4.78, 5) is 0. The average Bonchev–Trinajstić information content (AvgIpc) is 2.94. The molecule has 0 unspecified atom stereocenters. The molecule has 4 saturated carbocycles. The molecule has 0 amide bonds. The maximum Gasteiger partial charge on any atom is 0.130 e. The van der Waals surface area contributed by atoms with Crippen molar-refractivity contribution in [2.24, 2.45) is 34.5 Å². The molecule has 1 aromatic carbocycles. The van der Waals surface area contributed by atoms with E-state index in [1.165, 1.54) is 51.0 Å². The summed E-state index contributed by atoms with van der Waals surface area (Å²) >= 11 is 0. The van der Waals surface area contributed by atoms with Gasteiger partial charge in [-0.05, 0) is 85.7 Å². The Labute approximate surface area is 169 Å². The van der Waals surface area contributed by atoms with Crippen molar-refractivity contribution in [1.82, 2.24) is 0 Å². The minimum absolute atomic E-state index is 0.0316. The molecule has 0 bridgehead atoms. The van der Waals surface area contributed by atoms with Crippen LogP contribution < -0.4 is 0 Å². The van der Waals surface area contributed by atoms with Crippen LogP contribution in [-0.4, -0.2) is 11.2 Å². The van der Waals surface area contributed by atoms with Gasteiger partial charge >= 0.3 is 0 Å². The third-order valence-electron chi connectivity index (χ3n) is 9.70. The van der Waals surface area contributed by atoms with Gasteiger partial charge in [0.1, 0.15) is 5.82 Å². The van der Waals surface area contributed by atoms with Crippen molar-refractivity contribution in [1.29, 1.82) is 0 Å². The van der Waals surface area contributed by atoms with Crippen molar-refractivity contribution < 1.29 is 9.50 Å². The lowest BCUT2D eigenvalue weighted by atomic mass is 9.45. The van der Waals surface area contributed by atoms with Gasteiger partial charge in [-0.1, -0.05) is 51.0 Å². The fourth-order valence-electron chi connectivity index (χ4n) is 8.09. The van der Waals surface area contributed by atoms with Crippen molar-refractivity contribution in [2.75, 3.05) is 0 Å². The largest absolute Gasteiger partial charge is 0.388 e. The van der Waals surface area contributed by atoms with Gasteiger partial charge in [-0.2, -0.15) is 0 Å². The zero-order valence-corrected chi connectivity index (χ0v) is 17.5. The minimum Gasteiger partial charge on any atom is -0.388 e. The number of hydrogen-bond acceptors (Lipinski definition) is 1. The molecular formula is C26H35FO. The molecule has 1 nitrogen and oxygen atoms in total. The van der Waals surface area contributed by atoms with Crippen LogP contribution in [0.4, 0.5) is 4.39 Å². The first-order valence-electron chi connectivity index (χ1n) is 11.6. The number of halogens is 1. The lowest BCUT2D eigenvalue weighted by molar-refractivity contribution is -0.119. The van der Waals surface area contributed by atoms with E-state index in [0.717, 1.165) is 36.2 Å². The summed E-state index contributed by atoms with van der Waals surface area (Å²) < 4.78 is 14.2. The van der Waals surface area contributed by atoms with Crippen LogP contribution in [0.25, 0.3) is 6.08 Å². The highest BCUT2D eigenvalue weighted by Gasteiger charge is 2.60. The maximum absolute atomic E-state index is 14.2. The summed E-state index contributed by atoms with van der Waals surface area (Å²) in [5.41, 5.74) is 2.18. The van der Waals surface area contributed by atoms with E-state index >= 15 is 0 Å². The third-order valence-corrected chi connectivity index (χ3v) is 9.70.